The van der Waals surface area contributed by atoms with E-state index >= 15 is 0 Å². The molecule has 1 aromatic rings. The number of likely N-dealkylation sites (tertiary alicyclic amines) is 1. The van der Waals surface area contributed by atoms with Crippen molar-refractivity contribution >= 4 is 17.7 Å². The number of carbonyl (C=O) groups is 1. The predicted molar refractivity (Wildman–Crippen MR) is 91.3 cm³/mol. The Morgan fingerprint density at radius 1 is 1.41 bits per heavy atom. The molecule has 0 radical (unpaired) electrons. The number of nitrogens with two attached hydrogens (primary N) is 1. The van der Waals surface area contributed by atoms with Crippen LogP contribution in [0.5, 0.6) is 5.75 Å². The smallest absolute Gasteiger partial charge is 0.235 e. The van der Waals surface area contributed by atoms with Gasteiger partial charge in [0.25, 0.3) is 0 Å². The van der Waals surface area contributed by atoms with E-state index in [9.17, 15) is 4.79 Å². The van der Waals surface area contributed by atoms with Crippen LogP contribution in [0.4, 0.5) is 0 Å². The maximum absolute atomic E-state index is 12.7. The van der Waals surface area contributed by atoms with Gasteiger partial charge in [-0.3, -0.25) is 4.79 Å². The van der Waals surface area contributed by atoms with Gasteiger partial charge >= 0.3 is 0 Å². The lowest BCUT2D eigenvalue weighted by Crippen LogP contribution is -2.55. The summed E-state index contributed by atoms with van der Waals surface area (Å²) < 4.78 is 5.15. The number of nitrogens with zero attached hydrogens (tertiary/aromatic N) is 1. The largest absolute Gasteiger partial charge is 0.497 e. The molecule has 0 aromatic heterocycles. The van der Waals surface area contributed by atoms with Crippen molar-refractivity contribution in [3.8, 4) is 5.75 Å². The van der Waals surface area contributed by atoms with Crippen LogP contribution in [0.25, 0.3) is 0 Å². The van der Waals surface area contributed by atoms with Crippen LogP contribution >= 0.6 is 11.8 Å². The van der Waals surface area contributed by atoms with Gasteiger partial charge in [-0.1, -0.05) is 13.8 Å². The predicted octanol–water partition coefficient (Wildman–Crippen LogP) is 2.76. The van der Waals surface area contributed by atoms with Crippen LogP contribution in [0.15, 0.2) is 29.2 Å². The molecule has 1 aliphatic heterocycles. The summed E-state index contributed by atoms with van der Waals surface area (Å²) in [5.74, 6) is 1.02. The number of thioether (sulfide) groups is 1. The number of hydrogen-bond acceptors (Lipinski definition) is 4. The zero-order chi connectivity index (χ0) is 16.3. The molecule has 0 bridgehead atoms. The molecule has 2 unspecified atom stereocenters. The summed E-state index contributed by atoms with van der Waals surface area (Å²) in [4.78, 5) is 15.7. The van der Waals surface area contributed by atoms with E-state index in [4.69, 9.17) is 10.5 Å². The fraction of sp³-hybridized carbons (Fsp3) is 0.588. The monoisotopic (exact) mass is 322 g/mol. The summed E-state index contributed by atoms with van der Waals surface area (Å²) in [5.41, 5.74) is 6.13. The third-order valence-corrected chi connectivity index (χ3v) is 5.44. The van der Waals surface area contributed by atoms with E-state index in [1.54, 1.807) is 18.9 Å². The molecule has 122 valence electrons. The number of piperidine rings is 1. The van der Waals surface area contributed by atoms with E-state index in [-0.39, 0.29) is 22.6 Å². The quantitative estimate of drug-likeness (QED) is 0.866. The van der Waals surface area contributed by atoms with Gasteiger partial charge in [0.05, 0.1) is 12.4 Å². The topological polar surface area (TPSA) is 55.6 Å². The highest BCUT2D eigenvalue weighted by atomic mass is 32.2. The standard InChI is InChI=1S/C17H26N2O2S/c1-12(22-14-7-5-13(21-4)6-8-14)16(20)19-10-9-15(18)17(2,3)11-19/h5-8,12,15H,9-11,18H2,1-4H3. The van der Waals surface area contributed by atoms with Gasteiger partial charge in [-0.2, -0.15) is 0 Å². The maximum atomic E-state index is 12.7. The molecule has 0 aliphatic carbocycles. The number of methoxy groups -OCH3 is 1. The summed E-state index contributed by atoms with van der Waals surface area (Å²) in [6.45, 7) is 7.74. The Morgan fingerprint density at radius 2 is 2.05 bits per heavy atom. The molecule has 0 saturated carbocycles. The van der Waals surface area contributed by atoms with Gasteiger partial charge in [-0.05, 0) is 43.0 Å². The minimum absolute atomic E-state index is 0.0155. The highest BCUT2D eigenvalue weighted by molar-refractivity contribution is 8.00. The lowest BCUT2D eigenvalue weighted by atomic mass is 9.79. The lowest BCUT2D eigenvalue weighted by molar-refractivity contribution is -0.133. The van der Waals surface area contributed by atoms with Crippen molar-refractivity contribution in [2.24, 2.45) is 11.1 Å². The van der Waals surface area contributed by atoms with E-state index in [0.29, 0.717) is 0 Å². The highest BCUT2D eigenvalue weighted by Gasteiger charge is 2.36. The Kier molecular flexibility index (Phi) is 5.40. The minimum Gasteiger partial charge on any atom is -0.497 e. The molecule has 2 N–H and O–H groups in total. The molecule has 5 heteroatoms. The highest BCUT2D eigenvalue weighted by Crippen LogP contribution is 2.31. The average Bonchev–Trinajstić information content (AvgIpc) is 2.50. The molecule has 1 amide bonds. The number of ether oxygens (including phenoxy) is 1. The van der Waals surface area contributed by atoms with Crippen molar-refractivity contribution in [2.45, 2.75) is 43.4 Å². The molecular formula is C17H26N2O2S. The molecular weight excluding hydrogens is 296 g/mol. The van der Waals surface area contributed by atoms with Crippen LogP contribution in [0.2, 0.25) is 0 Å². The first kappa shape index (κ1) is 17.2. The Bertz CT molecular complexity index is 516. The molecule has 1 aromatic carbocycles. The van der Waals surface area contributed by atoms with Gasteiger partial charge in [0.2, 0.25) is 5.91 Å². The van der Waals surface area contributed by atoms with E-state index < -0.39 is 0 Å². The first-order valence-corrected chi connectivity index (χ1v) is 8.56. The summed E-state index contributed by atoms with van der Waals surface area (Å²) in [5, 5.41) is -0.0986. The van der Waals surface area contributed by atoms with Crippen molar-refractivity contribution < 1.29 is 9.53 Å². The normalized spacial score (nSPS) is 22.2. The Morgan fingerprint density at radius 3 is 2.59 bits per heavy atom. The SMILES string of the molecule is COc1ccc(SC(C)C(=O)N2CCC(N)C(C)(C)C2)cc1. The number of rotatable bonds is 4. The van der Waals surface area contributed by atoms with Gasteiger partial charge in [-0.25, -0.2) is 0 Å². The molecule has 4 nitrogen and oxygen atoms in total. The first-order chi connectivity index (χ1) is 10.3. The van der Waals surface area contributed by atoms with Gasteiger partial charge < -0.3 is 15.4 Å². The Labute approximate surface area is 137 Å². The summed E-state index contributed by atoms with van der Waals surface area (Å²) in [6.07, 6.45) is 0.874. The van der Waals surface area contributed by atoms with E-state index in [1.165, 1.54) is 0 Å². The van der Waals surface area contributed by atoms with Crippen LogP contribution in [0.1, 0.15) is 27.2 Å². The average molecular weight is 322 g/mol. The molecule has 22 heavy (non-hydrogen) atoms. The van der Waals surface area contributed by atoms with E-state index in [1.807, 2.05) is 36.1 Å². The minimum atomic E-state index is -0.0986. The van der Waals surface area contributed by atoms with E-state index in [2.05, 4.69) is 13.8 Å². The van der Waals surface area contributed by atoms with Crippen LogP contribution in [0.3, 0.4) is 0 Å². The second kappa shape index (κ2) is 6.92. The molecule has 1 saturated heterocycles. The van der Waals surface area contributed by atoms with Gasteiger partial charge in [0.15, 0.2) is 0 Å². The zero-order valence-electron chi connectivity index (χ0n) is 13.8. The van der Waals surface area contributed by atoms with Crippen molar-refractivity contribution in [2.75, 3.05) is 20.2 Å². The maximum Gasteiger partial charge on any atom is 0.235 e. The summed E-state index contributed by atoms with van der Waals surface area (Å²) in [6, 6.07) is 7.98. The van der Waals surface area contributed by atoms with Gasteiger partial charge in [-0.15, -0.1) is 11.8 Å². The van der Waals surface area contributed by atoms with Crippen molar-refractivity contribution in [1.29, 1.82) is 0 Å². The van der Waals surface area contributed by atoms with Crippen LogP contribution in [0, 0.1) is 5.41 Å². The fourth-order valence-corrected chi connectivity index (χ4v) is 3.68. The number of amides is 1. The number of benzene rings is 1. The summed E-state index contributed by atoms with van der Waals surface area (Å²) in [7, 11) is 1.65. The van der Waals surface area contributed by atoms with Crippen LogP contribution in [-0.2, 0) is 4.79 Å². The molecule has 1 fully saturated rings. The van der Waals surface area contributed by atoms with Crippen molar-refractivity contribution in [1.82, 2.24) is 4.90 Å². The second-order valence-corrected chi connectivity index (χ2v) is 7.99. The number of carbonyl (C=O) groups excluding carboxylic acids is 1. The van der Waals surface area contributed by atoms with Crippen LogP contribution < -0.4 is 10.5 Å². The molecule has 1 heterocycles. The fourth-order valence-electron chi connectivity index (χ4n) is 2.73. The third kappa shape index (κ3) is 3.96. The third-order valence-electron chi connectivity index (χ3n) is 4.34. The lowest BCUT2D eigenvalue weighted by Gasteiger charge is -2.43. The molecule has 1 aliphatic rings. The van der Waals surface area contributed by atoms with Crippen LogP contribution in [-0.4, -0.2) is 42.3 Å². The zero-order valence-corrected chi connectivity index (χ0v) is 14.7. The molecule has 2 rings (SSSR count). The summed E-state index contributed by atoms with van der Waals surface area (Å²) >= 11 is 1.59. The molecule has 2 atom stereocenters. The second-order valence-electron chi connectivity index (χ2n) is 6.58. The van der Waals surface area contributed by atoms with Gasteiger partial charge in [0.1, 0.15) is 5.75 Å². The van der Waals surface area contributed by atoms with E-state index in [0.717, 1.165) is 30.2 Å². The van der Waals surface area contributed by atoms with Gasteiger partial charge in [0, 0.05) is 24.0 Å². The van der Waals surface area contributed by atoms with Crippen molar-refractivity contribution in [3.63, 3.8) is 0 Å². The molecule has 0 spiro atoms. The van der Waals surface area contributed by atoms with Crippen molar-refractivity contribution in [3.05, 3.63) is 24.3 Å². The number of hydrogen-bond donors (Lipinski definition) is 1. The first-order valence-electron chi connectivity index (χ1n) is 7.68. The Balaban J connectivity index is 1.96. The Hall–Kier alpha value is -1.20.